The summed E-state index contributed by atoms with van der Waals surface area (Å²) in [5.41, 5.74) is 0.190. The molecule has 0 aliphatic rings. The third-order valence-corrected chi connectivity index (χ3v) is 1.43. The highest BCUT2D eigenvalue weighted by atomic mass is 16.4. The van der Waals surface area contributed by atoms with Crippen LogP contribution in [-0.4, -0.2) is 23.5 Å². The molecule has 0 heterocycles. The van der Waals surface area contributed by atoms with Crippen molar-refractivity contribution in [2.75, 3.05) is 6.54 Å². The number of carboxylic acid groups (broad SMARTS) is 1. The van der Waals surface area contributed by atoms with E-state index in [4.69, 9.17) is 5.11 Å². The molecule has 1 amide bonds. The van der Waals surface area contributed by atoms with Gasteiger partial charge < -0.3 is 10.4 Å². The molecule has 2 N–H and O–H groups in total. The molecule has 0 spiro atoms. The van der Waals surface area contributed by atoms with Crippen molar-refractivity contribution < 1.29 is 14.7 Å². The van der Waals surface area contributed by atoms with E-state index in [1.54, 1.807) is 0 Å². The van der Waals surface area contributed by atoms with Crippen molar-refractivity contribution >= 4 is 11.9 Å². The molecule has 0 saturated carbocycles. The third kappa shape index (κ3) is 4.25. The van der Waals surface area contributed by atoms with E-state index in [1.165, 1.54) is 19.1 Å². The van der Waals surface area contributed by atoms with Crippen LogP contribution in [-0.2, 0) is 9.59 Å². The lowest BCUT2D eigenvalue weighted by atomic mass is 10.2. The fraction of sp³-hybridized carbons (Fsp3) is 0.200. The first-order valence-corrected chi connectivity index (χ1v) is 3.98. The normalized spacial score (nSPS) is 10.5. The first-order valence-electron chi connectivity index (χ1n) is 3.98. The van der Waals surface area contributed by atoms with E-state index in [2.05, 4.69) is 18.5 Å². The van der Waals surface area contributed by atoms with Crippen molar-refractivity contribution in [2.24, 2.45) is 0 Å². The third-order valence-electron chi connectivity index (χ3n) is 1.43. The lowest BCUT2D eigenvalue weighted by Crippen LogP contribution is -2.24. The van der Waals surface area contributed by atoms with Crippen LogP contribution in [0, 0.1) is 0 Å². The fourth-order valence-corrected chi connectivity index (χ4v) is 0.667. The van der Waals surface area contributed by atoms with Crippen molar-refractivity contribution in [2.45, 2.75) is 6.92 Å². The van der Waals surface area contributed by atoms with Crippen LogP contribution < -0.4 is 5.32 Å². The van der Waals surface area contributed by atoms with Crippen molar-refractivity contribution in [3.63, 3.8) is 0 Å². The molecule has 4 heteroatoms. The maximum atomic E-state index is 11.2. The van der Waals surface area contributed by atoms with Crippen molar-refractivity contribution in [3.05, 3.63) is 36.5 Å². The molecular formula is C10H13NO3. The molecule has 0 unspecified atom stereocenters. The summed E-state index contributed by atoms with van der Waals surface area (Å²) >= 11 is 0. The molecule has 4 nitrogen and oxygen atoms in total. The molecule has 0 saturated heterocycles. The van der Waals surface area contributed by atoms with Crippen LogP contribution >= 0.6 is 0 Å². The number of carbonyl (C=O) groups excluding carboxylic acids is 1. The standard InChI is InChI=1S/C10H13NO3/c1-4-5-11-9(12)7(2)6-8(3)10(13)14/h4,6H,1-2,5H2,3H3,(H,11,12)(H,13,14). The topological polar surface area (TPSA) is 66.4 Å². The first kappa shape index (κ1) is 12.2. The zero-order chi connectivity index (χ0) is 11.1. The summed E-state index contributed by atoms with van der Waals surface area (Å²) in [5.74, 6) is -1.46. The molecule has 0 radical (unpaired) electrons. The van der Waals surface area contributed by atoms with Gasteiger partial charge in [0.15, 0.2) is 0 Å². The Bertz CT molecular complexity index is 302. The molecule has 0 bridgehead atoms. The van der Waals surface area contributed by atoms with E-state index in [0.29, 0.717) is 6.54 Å². The average Bonchev–Trinajstić information content (AvgIpc) is 2.13. The van der Waals surface area contributed by atoms with Gasteiger partial charge in [-0.1, -0.05) is 12.7 Å². The van der Waals surface area contributed by atoms with Gasteiger partial charge in [-0.2, -0.15) is 0 Å². The Balaban J connectivity index is 4.34. The molecular weight excluding hydrogens is 182 g/mol. The second-order valence-electron chi connectivity index (χ2n) is 2.66. The van der Waals surface area contributed by atoms with E-state index < -0.39 is 11.9 Å². The van der Waals surface area contributed by atoms with E-state index >= 15 is 0 Å². The Hall–Kier alpha value is -1.84. The monoisotopic (exact) mass is 195 g/mol. The Morgan fingerprint density at radius 3 is 2.50 bits per heavy atom. The van der Waals surface area contributed by atoms with Gasteiger partial charge in [-0.15, -0.1) is 6.58 Å². The summed E-state index contributed by atoms with van der Waals surface area (Å²) in [6.07, 6.45) is 2.75. The minimum Gasteiger partial charge on any atom is -0.478 e. The van der Waals surface area contributed by atoms with Gasteiger partial charge in [0.25, 0.3) is 5.91 Å². The number of amides is 1. The SMILES string of the molecule is C=CCNC(=O)C(=C)C=C(C)C(=O)O. The summed E-state index contributed by atoms with van der Waals surface area (Å²) < 4.78 is 0. The van der Waals surface area contributed by atoms with Crippen LogP contribution in [0.3, 0.4) is 0 Å². The molecule has 0 fully saturated rings. The zero-order valence-electron chi connectivity index (χ0n) is 8.04. The number of aliphatic carboxylic acids is 1. The van der Waals surface area contributed by atoms with Gasteiger partial charge in [-0.3, -0.25) is 4.79 Å². The van der Waals surface area contributed by atoms with E-state index in [9.17, 15) is 9.59 Å². The second-order valence-corrected chi connectivity index (χ2v) is 2.66. The lowest BCUT2D eigenvalue weighted by molar-refractivity contribution is -0.132. The zero-order valence-corrected chi connectivity index (χ0v) is 8.04. The predicted octanol–water partition coefficient (Wildman–Crippen LogP) is 0.876. The molecule has 76 valence electrons. The van der Waals surface area contributed by atoms with Crippen molar-refractivity contribution in [1.29, 1.82) is 0 Å². The summed E-state index contributed by atoms with van der Waals surface area (Å²) in [7, 11) is 0. The highest BCUT2D eigenvalue weighted by Crippen LogP contribution is 2.00. The Labute approximate surface area is 82.6 Å². The molecule has 0 atom stereocenters. The number of nitrogens with one attached hydrogen (secondary N) is 1. The van der Waals surface area contributed by atoms with Gasteiger partial charge in [0.2, 0.25) is 0 Å². The van der Waals surface area contributed by atoms with Crippen molar-refractivity contribution in [3.8, 4) is 0 Å². The quantitative estimate of drug-likeness (QED) is 0.388. The number of carboxylic acids is 1. The van der Waals surface area contributed by atoms with Gasteiger partial charge in [0.05, 0.1) is 0 Å². The molecule has 0 aliphatic heterocycles. The lowest BCUT2D eigenvalue weighted by Gasteiger charge is -2.01. The molecule has 0 aliphatic carbocycles. The van der Waals surface area contributed by atoms with E-state index in [0.717, 1.165) is 0 Å². The van der Waals surface area contributed by atoms with Gasteiger partial charge in [-0.05, 0) is 13.0 Å². The number of carbonyl (C=O) groups is 2. The van der Waals surface area contributed by atoms with E-state index in [-0.39, 0.29) is 11.1 Å². The Morgan fingerprint density at radius 2 is 2.07 bits per heavy atom. The highest BCUT2D eigenvalue weighted by Gasteiger charge is 2.05. The Kier molecular flexibility index (Phi) is 4.99. The Morgan fingerprint density at radius 1 is 1.50 bits per heavy atom. The summed E-state index contributed by atoms with van der Waals surface area (Å²) in [6.45, 7) is 8.60. The minimum absolute atomic E-state index is 0.0729. The summed E-state index contributed by atoms with van der Waals surface area (Å²) in [4.78, 5) is 21.6. The van der Waals surface area contributed by atoms with Crippen molar-refractivity contribution in [1.82, 2.24) is 5.32 Å². The number of hydrogen-bond acceptors (Lipinski definition) is 2. The molecule has 0 aromatic carbocycles. The fourth-order valence-electron chi connectivity index (χ4n) is 0.667. The van der Waals surface area contributed by atoms with Crippen LogP contribution in [0.1, 0.15) is 6.92 Å². The maximum Gasteiger partial charge on any atom is 0.331 e. The highest BCUT2D eigenvalue weighted by molar-refractivity contribution is 5.98. The van der Waals surface area contributed by atoms with Crippen LogP contribution in [0.5, 0.6) is 0 Å². The van der Waals surface area contributed by atoms with Gasteiger partial charge in [0.1, 0.15) is 0 Å². The smallest absolute Gasteiger partial charge is 0.331 e. The maximum absolute atomic E-state index is 11.2. The largest absolute Gasteiger partial charge is 0.478 e. The van der Waals surface area contributed by atoms with Gasteiger partial charge >= 0.3 is 5.97 Å². The molecule has 0 rings (SSSR count). The molecule has 14 heavy (non-hydrogen) atoms. The first-order chi connectivity index (χ1) is 6.49. The molecule has 0 aromatic heterocycles. The van der Waals surface area contributed by atoms with E-state index in [1.807, 2.05) is 0 Å². The van der Waals surface area contributed by atoms with Crippen LogP contribution in [0.25, 0.3) is 0 Å². The minimum atomic E-state index is -1.07. The van der Waals surface area contributed by atoms with Crippen LogP contribution in [0.2, 0.25) is 0 Å². The average molecular weight is 195 g/mol. The number of rotatable bonds is 5. The van der Waals surface area contributed by atoms with Crippen LogP contribution in [0.15, 0.2) is 36.5 Å². The van der Waals surface area contributed by atoms with Gasteiger partial charge in [-0.25, -0.2) is 4.79 Å². The summed E-state index contributed by atoms with van der Waals surface area (Å²) in [5, 5.41) is 11.0. The second kappa shape index (κ2) is 5.75. The van der Waals surface area contributed by atoms with Crippen LogP contribution in [0.4, 0.5) is 0 Å². The predicted molar refractivity (Wildman–Crippen MR) is 53.7 cm³/mol. The van der Waals surface area contributed by atoms with Gasteiger partial charge in [0, 0.05) is 17.7 Å². The summed E-state index contributed by atoms with van der Waals surface area (Å²) in [6, 6.07) is 0. The molecule has 0 aromatic rings. The number of hydrogen-bond donors (Lipinski definition) is 2.